The summed E-state index contributed by atoms with van der Waals surface area (Å²) >= 11 is 0. The van der Waals surface area contributed by atoms with Crippen LogP contribution in [0.4, 0.5) is 5.82 Å². The van der Waals surface area contributed by atoms with Crippen LogP contribution in [0.3, 0.4) is 0 Å². The first-order valence-corrected chi connectivity index (χ1v) is 6.51. The van der Waals surface area contributed by atoms with Gasteiger partial charge < -0.3 is 11.1 Å². The van der Waals surface area contributed by atoms with Crippen LogP contribution in [-0.4, -0.2) is 16.4 Å². The van der Waals surface area contributed by atoms with E-state index in [1.165, 1.54) is 0 Å². The van der Waals surface area contributed by atoms with Crippen molar-refractivity contribution in [2.75, 3.05) is 5.32 Å². The largest absolute Gasteiger partial charge is 0.325 e. The van der Waals surface area contributed by atoms with Crippen LogP contribution in [0.15, 0.2) is 18.3 Å². The first-order chi connectivity index (χ1) is 8.49. The molecule has 1 saturated carbocycles. The highest BCUT2D eigenvalue weighted by atomic mass is 35.5. The van der Waals surface area contributed by atoms with Gasteiger partial charge in [-0.2, -0.15) is 0 Å². The first kappa shape index (κ1) is 19.2. The van der Waals surface area contributed by atoms with Gasteiger partial charge in [0, 0.05) is 11.7 Å². The molecule has 114 valence electrons. The number of halogens is 2. The van der Waals surface area contributed by atoms with Crippen LogP contribution in [0.1, 0.15) is 38.2 Å². The maximum absolute atomic E-state index is 12.3. The minimum Gasteiger partial charge on any atom is -0.325 e. The molecule has 0 aliphatic heterocycles. The van der Waals surface area contributed by atoms with Crippen LogP contribution in [-0.2, 0) is 4.79 Å². The molecule has 1 aromatic rings. The minimum atomic E-state index is -0.397. The second-order valence-corrected chi connectivity index (χ2v) is 5.51. The fraction of sp³-hybridized carbons (Fsp3) is 0.571. The van der Waals surface area contributed by atoms with Gasteiger partial charge in [0.25, 0.3) is 0 Å². The zero-order chi connectivity index (χ0) is 13.2. The molecule has 0 bridgehead atoms. The maximum atomic E-state index is 12.3. The summed E-state index contributed by atoms with van der Waals surface area (Å²) in [6, 6.07) is 3.78. The molecular weight excluding hydrogens is 297 g/mol. The zero-order valence-corrected chi connectivity index (χ0v) is 13.5. The first-order valence-electron chi connectivity index (χ1n) is 6.51. The Bertz CT molecular complexity index is 452. The second kappa shape index (κ2) is 7.81. The van der Waals surface area contributed by atoms with Gasteiger partial charge in [0.05, 0.1) is 5.92 Å². The quantitative estimate of drug-likeness (QED) is 0.880. The molecule has 20 heavy (non-hydrogen) atoms. The van der Waals surface area contributed by atoms with E-state index >= 15 is 0 Å². The fourth-order valence-electron chi connectivity index (χ4n) is 2.61. The highest BCUT2D eigenvalue weighted by Crippen LogP contribution is 2.32. The Labute approximate surface area is 132 Å². The van der Waals surface area contributed by atoms with Crippen LogP contribution in [0, 0.1) is 12.8 Å². The van der Waals surface area contributed by atoms with E-state index in [0.29, 0.717) is 5.82 Å². The number of carbonyl (C=O) groups is 1. The van der Waals surface area contributed by atoms with Crippen molar-refractivity contribution in [1.82, 2.24) is 4.98 Å². The summed E-state index contributed by atoms with van der Waals surface area (Å²) in [5.41, 5.74) is 6.91. The van der Waals surface area contributed by atoms with E-state index in [4.69, 9.17) is 5.73 Å². The lowest BCUT2D eigenvalue weighted by atomic mass is 9.74. The van der Waals surface area contributed by atoms with Gasteiger partial charge >= 0.3 is 0 Å². The number of nitrogens with one attached hydrogen (secondary N) is 1. The van der Waals surface area contributed by atoms with Gasteiger partial charge in [0.2, 0.25) is 5.91 Å². The number of hydrogen-bond acceptors (Lipinski definition) is 3. The van der Waals surface area contributed by atoms with Crippen LogP contribution < -0.4 is 11.1 Å². The molecule has 1 aromatic heterocycles. The van der Waals surface area contributed by atoms with Crippen molar-refractivity contribution in [1.29, 1.82) is 0 Å². The van der Waals surface area contributed by atoms with Crippen molar-refractivity contribution in [3.05, 3.63) is 23.9 Å². The van der Waals surface area contributed by atoms with Crippen molar-refractivity contribution in [2.24, 2.45) is 11.7 Å². The van der Waals surface area contributed by atoms with Gasteiger partial charge in [-0.1, -0.05) is 12.8 Å². The standard InChI is InChI=1S/C14H21N3O.2ClH/c1-10-6-8-16-12(9-10)17-13(18)11-5-3-4-7-14(11,2)15;;/h6,8-9,11H,3-5,7,15H2,1-2H3,(H,16,17,18);2*1H. The molecule has 1 heterocycles. The average molecular weight is 320 g/mol. The topological polar surface area (TPSA) is 68.0 Å². The third kappa shape index (κ3) is 4.62. The number of hydrogen-bond donors (Lipinski definition) is 2. The highest BCUT2D eigenvalue weighted by molar-refractivity contribution is 5.92. The van der Waals surface area contributed by atoms with E-state index < -0.39 is 5.54 Å². The van der Waals surface area contributed by atoms with Crippen LogP contribution in [0.2, 0.25) is 0 Å². The number of anilines is 1. The summed E-state index contributed by atoms with van der Waals surface area (Å²) in [6.07, 6.45) is 5.66. The summed E-state index contributed by atoms with van der Waals surface area (Å²) in [4.78, 5) is 16.4. The molecule has 1 aliphatic rings. The third-order valence-corrected chi connectivity index (χ3v) is 3.74. The predicted octanol–water partition coefficient (Wildman–Crippen LogP) is 3.08. The molecule has 1 amide bonds. The molecule has 6 heteroatoms. The van der Waals surface area contributed by atoms with Crippen LogP contribution in [0.5, 0.6) is 0 Å². The molecule has 2 rings (SSSR count). The maximum Gasteiger partial charge on any atom is 0.230 e. The van der Waals surface area contributed by atoms with E-state index in [2.05, 4.69) is 10.3 Å². The molecule has 1 aliphatic carbocycles. The van der Waals surface area contributed by atoms with E-state index in [-0.39, 0.29) is 36.6 Å². The summed E-state index contributed by atoms with van der Waals surface area (Å²) in [6.45, 7) is 3.95. The lowest BCUT2D eigenvalue weighted by Gasteiger charge is -2.37. The molecule has 2 atom stereocenters. The van der Waals surface area contributed by atoms with E-state index in [1.807, 2.05) is 26.0 Å². The molecule has 0 spiro atoms. The molecule has 0 saturated heterocycles. The molecule has 1 fully saturated rings. The monoisotopic (exact) mass is 319 g/mol. The van der Waals surface area contributed by atoms with E-state index in [9.17, 15) is 4.79 Å². The summed E-state index contributed by atoms with van der Waals surface area (Å²) < 4.78 is 0. The van der Waals surface area contributed by atoms with Crippen molar-refractivity contribution >= 4 is 36.5 Å². The smallest absolute Gasteiger partial charge is 0.230 e. The number of aryl methyl sites for hydroxylation is 1. The molecule has 3 N–H and O–H groups in total. The molecule has 0 aromatic carbocycles. The van der Waals surface area contributed by atoms with Crippen molar-refractivity contribution in [3.63, 3.8) is 0 Å². The Balaban J connectivity index is 0.00000180. The van der Waals surface area contributed by atoms with Crippen molar-refractivity contribution < 1.29 is 4.79 Å². The fourth-order valence-corrected chi connectivity index (χ4v) is 2.61. The molecule has 2 unspecified atom stereocenters. The van der Waals surface area contributed by atoms with Crippen molar-refractivity contribution in [2.45, 2.75) is 45.1 Å². The Hall–Kier alpha value is -0.840. The number of pyridine rings is 1. The lowest BCUT2D eigenvalue weighted by Crippen LogP contribution is -2.51. The lowest BCUT2D eigenvalue weighted by molar-refractivity contribution is -0.122. The number of carbonyl (C=O) groups excluding carboxylic acids is 1. The predicted molar refractivity (Wildman–Crippen MR) is 86.7 cm³/mol. The van der Waals surface area contributed by atoms with Crippen molar-refractivity contribution in [3.8, 4) is 0 Å². The summed E-state index contributed by atoms with van der Waals surface area (Å²) in [7, 11) is 0. The highest BCUT2D eigenvalue weighted by Gasteiger charge is 2.37. The Kier molecular flexibility index (Phi) is 7.49. The Morgan fingerprint density at radius 2 is 2.15 bits per heavy atom. The molecule has 4 nitrogen and oxygen atoms in total. The van der Waals surface area contributed by atoms with Gasteiger partial charge in [-0.3, -0.25) is 4.79 Å². The van der Waals surface area contributed by atoms with E-state index in [1.54, 1.807) is 6.20 Å². The Morgan fingerprint density at radius 1 is 1.45 bits per heavy atom. The normalized spacial score (nSPS) is 25.1. The summed E-state index contributed by atoms with van der Waals surface area (Å²) in [5.74, 6) is 0.493. The van der Waals surface area contributed by atoms with Gasteiger partial charge in [0.15, 0.2) is 0 Å². The van der Waals surface area contributed by atoms with Gasteiger partial charge in [-0.05, 0) is 44.4 Å². The van der Waals surface area contributed by atoms with E-state index in [0.717, 1.165) is 31.2 Å². The number of rotatable bonds is 2. The van der Waals surface area contributed by atoms with Crippen LogP contribution in [0.25, 0.3) is 0 Å². The third-order valence-electron chi connectivity index (χ3n) is 3.74. The minimum absolute atomic E-state index is 0. The van der Waals surface area contributed by atoms with Gasteiger partial charge in [0.1, 0.15) is 5.82 Å². The van der Waals surface area contributed by atoms with Crippen LogP contribution >= 0.6 is 24.8 Å². The summed E-state index contributed by atoms with van der Waals surface area (Å²) in [5, 5.41) is 2.88. The van der Waals surface area contributed by atoms with Gasteiger partial charge in [-0.15, -0.1) is 24.8 Å². The number of aromatic nitrogens is 1. The SMILES string of the molecule is Cc1ccnc(NC(=O)C2CCCCC2(C)N)c1.Cl.Cl. The number of nitrogens with two attached hydrogens (primary N) is 1. The molecule has 0 radical (unpaired) electrons. The number of nitrogens with zero attached hydrogens (tertiary/aromatic N) is 1. The number of amides is 1. The molecular formula is C14H23Cl2N3O. The second-order valence-electron chi connectivity index (χ2n) is 5.51. The Morgan fingerprint density at radius 3 is 2.75 bits per heavy atom. The average Bonchev–Trinajstić information content (AvgIpc) is 2.28. The van der Waals surface area contributed by atoms with Gasteiger partial charge in [-0.25, -0.2) is 4.98 Å². The zero-order valence-electron chi connectivity index (χ0n) is 11.9.